The summed E-state index contributed by atoms with van der Waals surface area (Å²) in [5.41, 5.74) is 0.749. The molecule has 116 valence electrons. The zero-order chi connectivity index (χ0) is 15.5. The van der Waals surface area contributed by atoms with E-state index < -0.39 is 15.9 Å². The fourth-order valence-electron chi connectivity index (χ4n) is 2.24. The predicted molar refractivity (Wildman–Crippen MR) is 78.2 cm³/mol. The van der Waals surface area contributed by atoms with Crippen LogP contribution in [0, 0.1) is 5.92 Å². The van der Waals surface area contributed by atoms with Gasteiger partial charge in [0, 0.05) is 19.3 Å². The molecule has 0 bridgehead atoms. The van der Waals surface area contributed by atoms with Crippen molar-refractivity contribution in [2.24, 2.45) is 5.92 Å². The maximum absolute atomic E-state index is 12.0. The number of pyridine rings is 1. The maximum atomic E-state index is 12.0. The van der Waals surface area contributed by atoms with Gasteiger partial charge in [-0.25, -0.2) is 17.7 Å². The molecule has 1 aliphatic heterocycles. The summed E-state index contributed by atoms with van der Waals surface area (Å²) >= 11 is 5.75. The minimum atomic E-state index is -3.27. The smallest absolute Gasteiger partial charge is 0.310 e. The van der Waals surface area contributed by atoms with E-state index in [1.54, 1.807) is 12.1 Å². The molecule has 8 heteroatoms. The fourth-order valence-corrected chi connectivity index (χ4v) is 3.35. The monoisotopic (exact) mass is 332 g/mol. The summed E-state index contributed by atoms with van der Waals surface area (Å²) in [5, 5.41) is 0.337. The van der Waals surface area contributed by atoms with E-state index >= 15 is 0 Å². The lowest BCUT2D eigenvalue weighted by atomic mass is 10.00. The molecule has 2 heterocycles. The average Bonchev–Trinajstić information content (AvgIpc) is 2.44. The van der Waals surface area contributed by atoms with Crippen molar-refractivity contribution in [2.45, 2.75) is 19.4 Å². The van der Waals surface area contributed by atoms with Gasteiger partial charge >= 0.3 is 5.97 Å². The molecule has 0 amide bonds. The third-order valence-corrected chi connectivity index (χ3v) is 4.83. The Balaban J connectivity index is 1.91. The van der Waals surface area contributed by atoms with Crippen molar-refractivity contribution < 1.29 is 17.9 Å². The van der Waals surface area contributed by atoms with Crippen molar-refractivity contribution in [1.29, 1.82) is 0 Å². The summed E-state index contributed by atoms with van der Waals surface area (Å²) in [5.74, 6) is -0.790. The van der Waals surface area contributed by atoms with Crippen molar-refractivity contribution >= 4 is 27.6 Å². The molecule has 0 saturated carbocycles. The highest BCUT2D eigenvalue weighted by molar-refractivity contribution is 7.88. The van der Waals surface area contributed by atoms with Gasteiger partial charge in [-0.2, -0.15) is 0 Å². The van der Waals surface area contributed by atoms with E-state index in [1.807, 2.05) is 0 Å². The normalized spacial score (nSPS) is 20.2. The lowest BCUT2D eigenvalue weighted by molar-refractivity contribution is -0.151. The maximum Gasteiger partial charge on any atom is 0.310 e. The molecule has 2 rings (SSSR count). The van der Waals surface area contributed by atoms with Crippen LogP contribution >= 0.6 is 11.6 Å². The predicted octanol–water partition coefficient (Wildman–Crippen LogP) is 1.45. The molecular formula is C13H17ClN2O4S. The Labute approximate surface area is 129 Å². The summed E-state index contributed by atoms with van der Waals surface area (Å²) in [4.78, 5) is 15.9. The van der Waals surface area contributed by atoms with Gasteiger partial charge in [-0.3, -0.25) is 4.79 Å². The van der Waals surface area contributed by atoms with Gasteiger partial charge in [0.25, 0.3) is 0 Å². The lowest BCUT2D eigenvalue weighted by Gasteiger charge is -2.29. The first-order valence-electron chi connectivity index (χ1n) is 6.58. The van der Waals surface area contributed by atoms with Gasteiger partial charge in [0.1, 0.15) is 11.8 Å². The van der Waals surface area contributed by atoms with Crippen LogP contribution in [0.3, 0.4) is 0 Å². The number of ether oxygens (including phenoxy) is 1. The number of esters is 1. The first-order valence-corrected chi connectivity index (χ1v) is 8.81. The molecule has 1 saturated heterocycles. The molecule has 0 aliphatic carbocycles. The standard InChI is InChI=1S/C13H17ClN2O4S/c1-21(18,19)16-6-2-3-11(8-16)13(17)20-9-10-4-5-15-12(14)7-10/h4-5,7,11H,2-3,6,8-9H2,1H3/t11-/m0/s1. The molecule has 1 fully saturated rings. The summed E-state index contributed by atoms with van der Waals surface area (Å²) in [6, 6.07) is 3.33. The summed E-state index contributed by atoms with van der Waals surface area (Å²) < 4.78 is 29.6. The van der Waals surface area contributed by atoms with Crippen molar-refractivity contribution in [3.63, 3.8) is 0 Å². The largest absolute Gasteiger partial charge is 0.461 e. The number of hydrogen-bond donors (Lipinski definition) is 0. The van der Waals surface area contributed by atoms with Gasteiger partial charge < -0.3 is 4.74 Å². The van der Waals surface area contributed by atoms with E-state index in [9.17, 15) is 13.2 Å². The molecular weight excluding hydrogens is 316 g/mol. The van der Waals surface area contributed by atoms with Crippen molar-refractivity contribution in [1.82, 2.24) is 9.29 Å². The third kappa shape index (κ3) is 4.66. The highest BCUT2D eigenvalue weighted by Crippen LogP contribution is 2.20. The highest BCUT2D eigenvalue weighted by Gasteiger charge is 2.31. The van der Waals surface area contributed by atoms with Crippen LogP contribution in [0.5, 0.6) is 0 Å². The van der Waals surface area contributed by atoms with Gasteiger partial charge in [-0.1, -0.05) is 11.6 Å². The SMILES string of the molecule is CS(=O)(=O)N1CCC[C@H](C(=O)OCc2ccnc(Cl)c2)C1. The van der Waals surface area contributed by atoms with Crippen LogP contribution in [0.4, 0.5) is 0 Å². The van der Waals surface area contributed by atoms with Gasteiger partial charge in [-0.05, 0) is 30.5 Å². The Bertz CT molecular complexity index is 620. The number of carbonyl (C=O) groups excluding carboxylic acids is 1. The average molecular weight is 333 g/mol. The molecule has 0 spiro atoms. The number of hydrogen-bond acceptors (Lipinski definition) is 5. The van der Waals surface area contributed by atoms with Crippen LogP contribution in [-0.4, -0.2) is 43.0 Å². The van der Waals surface area contributed by atoms with Gasteiger partial charge in [-0.15, -0.1) is 0 Å². The molecule has 0 unspecified atom stereocenters. The van der Waals surface area contributed by atoms with E-state index in [-0.39, 0.29) is 19.1 Å². The molecule has 0 N–H and O–H groups in total. The molecule has 1 aliphatic rings. The quantitative estimate of drug-likeness (QED) is 0.616. The van der Waals surface area contributed by atoms with Crippen molar-refractivity contribution in [3.8, 4) is 0 Å². The second-order valence-electron chi connectivity index (χ2n) is 5.05. The Hall–Kier alpha value is -1.18. The second-order valence-corrected chi connectivity index (χ2v) is 7.42. The zero-order valence-electron chi connectivity index (χ0n) is 11.7. The number of halogens is 1. The molecule has 1 atom stereocenters. The van der Waals surface area contributed by atoms with E-state index in [4.69, 9.17) is 16.3 Å². The topological polar surface area (TPSA) is 76.6 Å². The lowest BCUT2D eigenvalue weighted by Crippen LogP contribution is -2.42. The zero-order valence-corrected chi connectivity index (χ0v) is 13.2. The molecule has 1 aromatic heterocycles. The van der Waals surface area contributed by atoms with Crippen LogP contribution in [0.15, 0.2) is 18.3 Å². The molecule has 0 radical (unpaired) electrons. The summed E-state index contributed by atoms with van der Waals surface area (Å²) in [7, 11) is -3.27. The molecule has 21 heavy (non-hydrogen) atoms. The van der Waals surface area contributed by atoms with E-state index in [1.165, 1.54) is 10.5 Å². The molecule has 6 nitrogen and oxygen atoms in total. The minimum absolute atomic E-state index is 0.108. The highest BCUT2D eigenvalue weighted by atomic mass is 35.5. The summed E-state index contributed by atoms with van der Waals surface area (Å²) in [6.45, 7) is 0.758. The minimum Gasteiger partial charge on any atom is -0.461 e. The van der Waals surface area contributed by atoms with E-state index in [0.29, 0.717) is 24.5 Å². The van der Waals surface area contributed by atoms with Gasteiger partial charge in [0.15, 0.2) is 0 Å². The van der Waals surface area contributed by atoms with Gasteiger partial charge in [0.2, 0.25) is 10.0 Å². The van der Waals surface area contributed by atoms with Crippen molar-refractivity contribution in [2.75, 3.05) is 19.3 Å². The van der Waals surface area contributed by atoms with Crippen molar-refractivity contribution in [3.05, 3.63) is 29.0 Å². The van der Waals surface area contributed by atoms with Crippen LogP contribution in [-0.2, 0) is 26.2 Å². The van der Waals surface area contributed by atoms with Crippen LogP contribution < -0.4 is 0 Å². The Morgan fingerprint density at radius 1 is 1.57 bits per heavy atom. The van der Waals surface area contributed by atoms with E-state index in [2.05, 4.69) is 4.98 Å². The first-order chi connectivity index (χ1) is 9.86. The number of piperidine rings is 1. The van der Waals surface area contributed by atoms with Gasteiger partial charge in [0.05, 0.1) is 12.2 Å². The second kappa shape index (κ2) is 6.72. The number of rotatable bonds is 4. The Kier molecular flexibility index (Phi) is 5.18. The van der Waals surface area contributed by atoms with Crippen LogP contribution in [0.2, 0.25) is 5.15 Å². The van der Waals surface area contributed by atoms with Crippen LogP contribution in [0.1, 0.15) is 18.4 Å². The number of nitrogens with zero attached hydrogens (tertiary/aromatic N) is 2. The number of sulfonamides is 1. The summed E-state index contributed by atoms with van der Waals surface area (Å²) in [6.07, 6.45) is 3.99. The number of carbonyl (C=O) groups is 1. The van der Waals surface area contributed by atoms with E-state index in [0.717, 1.165) is 11.8 Å². The van der Waals surface area contributed by atoms with Crippen LogP contribution in [0.25, 0.3) is 0 Å². The number of aromatic nitrogens is 1. The fraction of sp³-hybridized carbons (Fsp3) is 0.538. The first kappa shape index (κ1) is 16.2. The molecule has 0 aromatic carbocycles. The Morgan fingerprint density at radius 2 is 2.33 bits per heavy atom. The Morgan fingerprint density at radius 3 is 3.00 bits per heavy atom. The molecule has 1 aromatic rings. The third-order valence-electron chi connectivity index (χ3n) is 3.36.